The lowest BCUT2D eigenvalue weighted by molar-refractivity contribution is 0.144. The van der Waals surface area contributed by atoms with Crippen molar-refractivity contribution in [1.82, 2.24) is 4.90 Å². The Labute approximate surface area is 69.8 Å². The van der Waals surface area contributed by atoms with Crippen LogP contribution in [0.1, 0.15) is 33.1 Å². The van der Waals surface area contributed by atoms with Gasteiger partial charge in [-0.05, 0) is 37.6 Å². The molecule has 0 saturated carbocycles. The van der Waals surface area contributed by atoms with Crippen molar-refractivity contribution in [3.05, 3.63) is 0 Å². The average Bonchev–Trinajstić information content (AvgIpc) is 2.31. The summed E-state index contributed by atoms with van der Waals surface area (Å²) in [6, 6.07) is 0.943. The summed E-state index contributed by atoms with van der Waals surface area (Å²) >= 11 is 0. The minimum atomic E-state index is 0.943. The monoisotopic (exact) mass is 153 g/mol. The third-order valence-corrected chi connectivity index (χ3v) is 3.42. The van der Waals surface area contributed by atoms with Crippen molar-refractivity contribution in [2.75, 3.05) is 13.1 Å². The number of hydrogen-bond donors (Lipinski definition) is 0. The molecule has 0 amide bonds. The molecule has 2 aliphatic heterocycles. The van der Waals surface area contributed by atoms with Crippen molar-refractivity contribution >= 4 is 0 Å². The molecule has 11 heavy (non-hydrogen) atoms. The highest BCUT2D eigenvalue weighted by molar-refractivity contribution is 4.89. The molecule has 0 aromatic carbocycles. The minimum Gasteiger partial charge on any atom is -0.300 e. The van der Waals surface area contributed by atoms with Gasteiger partial charge in [-0.1, -0.05) is 13.8 Å². The van der Waals surface area contributed by atoms with Crippen LogP contribution in [0, 0.1) is 11.8 Å². The number of nitrogens with zero attached hydrogens (tertiary/aromatic N) is 1. The maximum absolute atomic E-state index is 2.71. The molecule has 0 bridgehead atoms. The van der Waals surface area contributed by atoms with Gasteiger partial charge in [-0.3, -0.25) is 4.90 Å². The summed E-state index contributed by atoms with van der Waals surface area (Å²) in [6.45, 7) is 7.56. The van der Waals surface area contributed by atoms with Gasteiger partial charge < -0.3 is 0 Å². The molecule has 0 N–H and O–H groups in total. The summed E-state index contributed by atoms with van der Waals surface area (Å²) in [6.07, 6.45) is 4.36. The van der Waals surface area contributed by atoms with E-state index in [1.54, 1.807) is 0 Å². The number of hydrogen-bond acceptors (Lipinski definition) is 1. The zero-order valence-corrected chi connectivity index (χ0v) is 7.71. The van der Waals surface area contributed by atoms with Crippen molar-refractivity contribution in [3.8, 4) is 0 Å². The quantitative estimate of drug-likeness (QED) is 0.515. The van der Waals surface area contributed by atoms with Crippen molar-refractivity contribution in [3.63, 3.8) is 0 Å². The molecule has 1 nitrogen and oxygen atoms in total. The summed E-state index contributed by atoms with van der Waals surface area (Å²) in [5.41, 5.74) is 0. The Morgan fingerprint density at radius 1 is 1.27 bits per heavy atom. The summed E-state index contributed by atoms with van der Waals surface area (Å²) < 4.78 is 0. The van der Waals surface area contributed by atoms with E-state index in [0.29, 0.717) is 0 Å². The van der Waals surface area contributed by atoms with Crippen LogP contribution in [0.25, 0.3) is 0 Å². The lowest BCUT2D eigenvalue weighted by atomic mass is 9.90. The second kappa shape index (κ2) is 2.78. The highest BCUT2D eigenvalue weighted by Crippen LogP contribution is 2.33. The highest BCUT2D eigenvalue weighted by Gasteiger charge is 2.35. The van der Waals surface area contributed by atoms with Gasteiger partial charge in [0.2, 0.25) is 0 Å². The molecule has 2 heterocycles. The van der Waals surface area contributed by atoms with Crippen LogP contribution < -0.4 is 0 Å². The fraction of sp³-hybridized carbons (Fsp3) is 1.00. The first-order valence-electron chi connectivity index (χ1n) is 5.01. The first-order chi connectivity index (χ1) is 5.27. The Morgan fingerprint density at radius 3 is 2.82 bits per heavy atom. The molecular weight excluding hydrogens is 134 g/mol. The molecule has 0 unspecified atom stereocenters. The van der Waals surface area contributed by atoms with E-state index in [0.717, 1.165) is 17.9 Å². The van der Waals surface area contributed by atoms with Gasteiger partial charge in [0.1, 0.15) is 0 Å². The first kappa shape index (κ1) is 7.60. The van der Waals surface area contributed by atoms with E-state index in [-0.39, 0.29) is 0 Å². The maximum atomic E-state index is 2.71. The Balaban J connectivity index is 2.03. The summed E-state index contributed by atoms with van der Waals surface area (Å²) in [5.74, 6) is 1.93. The van der Waals surface area contributed by atoms with E-state index in [4.69, 9.17) is 0 Å². The van der Waals surface area contributed by atoms with Crippen LogP contribution in [0.5, 0.6) is 0 Å². The second-order valence-electron chi connectivity index (χ2n) is 4.52. The average molecular weight is 153 g/mol. The molecule has 0 aliphatic carbocycles. The van der Waals surface area contributed by atoms with E-state index in [1.807, 2.05) is 0 Å². The van der Waals surface area contributed by atoms with Gasteiger partial charge in [0.05, 0.1) is 0 Å². The van der Waals surface area contributed by atoms with Gasteiger partial charge in [0.25, 0.3) is 0 Å². The number of fused-ring (bicyclic) bond motifs is 1. The lowest BCUT2D eigenvalue weighted by Gasteiger charge is -2.34. The molecule has 2 rings (SSSR count). The predicted octanol–water partition coefficient (Wildman–Crippen LogP) is 2.13. The summed E-state index contributed by atoms with van der Waals surface area (Å²) in [5, 5.41) is 0. The van der Waals surface area contributed by atoms with E-state index < -0.39 is 0 Å². The molecule has 2 aliphatic rings. The highest BCUT2D eigenvalue weighted by atomic mass is 15.2. The summed E-state index contributed by atoms with van der Waals surface area (Å²) in [7, 11) is 0. The number of piperidine rings is 1. The van der Waals surface area contributed by atoms with Gasteiger partial charge >= 0.3 is 0 Å². The van der Waals surface area contributed by atoms with E-state index in [1.165, 1.54) is 32.4 Å². The first-order valence-corrected chi connectivity index (χ1v) is 5.01. The molecule has 2 saturated heterocycles. The smallest absolute Gasteiger partial charge is 0.0124 e. The largest absolute Gasteiger partial charge is 0.300 e. The predicted molar refractivity (Wildman–Crippen MR) is 47.5 cm³/mol. The Bertz CT molecular complexity index is 144. The van der Waals surface area contributed by atoms with Gasteiger partial charge in [-0.15, -0.1) is 0 Å². The zero-order valence-electron chi connectivity index (χ0n) is 7.71. The standard InChI is InChI=1S/C10H19N/c1-8-6-10-9(2)4-3-5-11(10)7-8/h8-10H,3-7H2,1-2H3/t8-,9-,10+/m0/s1. The molecule has 3 atom stereocenters. The van der Waals surface area contributed by atoms with Crippen LogP contribution >= 0.6 is 0 Å². The Morgan fingerprint density at radius 2 is 2.09 bits per heavy atom. The molecule has 0 aromatic heterocycles. The van der Waals surface area contributed by atoms with E-state index in [9.17, 15) is 0 Å². The number of rotatable bonds is 0. The SMILES string of the molecule is C[C@H]1C[C@@H]2[C@@H](C)CCCN2C1. The molecule has 0 aromatic rings. The fourth-order valence-corrected chi connectivity index (χ4v) is 2.83. The minimum absolute atomic E-state index is 0.943. The van der Waals surface area contributed by atoms with Crippen LogP contribution in [0.3, 0.4) is 0 Å². The van der Waals surface area contributed by atoms with Gasteiger partial charge in [0.15, 0.2) is 0 Å². The topological polar surface area (TPSA) is 3.24 Å². The van der Waals surface area contributed by atoms with E-state index in [2.05, 4.69) is 18.7 Å². The van der Waals surface area contributed by atoms with Crippen LogP contribution in [-0.2, 0) is 0 Å². The second-order valence-corrected chi connectivity index (χ2v) is 4.52. The third-order valence-electron chi connectivity index (χ3n) is 3.42. The van der Waals surface area contributed by atoms with Crippen LogP contribution in [0.4, 0.5) is 0 Å². The van der Waals surface area contributed by atoms with Gasteiger partial charge in [-0.2, -0.15) is 0 Å². The molecule has 1 heteroatoms. The van der Waals surface area contributed by atoms with E-state index >= 15 is 0 Å². The van der Waals surface area contributed by atoms with Crippen LogP contribution in [0.2, 0.25) is 0 Å². The van der Waals surface area contributed by atoms with Crippen LogP contribution in [0.15, 0.2) is 0 Å². The normalized spacial score (nSPS) is 45.8. The molecular formula is C10H19N. The summed E-state index contributed by atoms with van der Waals surface area (Å²) in [4.78, 5) is 2.71. The van der Waals surface area contributed by atoms with Crippen molar-refractivity contribution in [1.29, 1.82) is 0 Å². The fourth-order valence-electron chi connectivity index (χ4n) is 2.83. The van der Waals surface area contributed by atoms with Crippen molar-refractivity contribution in [2.24, 2.45) is 11.8 Å². The maximum Gasteiger partial charge on any atom is 0.0124 e. The van der Waals surface area contributed by atoms with Crippen molar-refractivity contribution < 1.29 is 0 Å². The van der Waals surface area contributed by atoms with Crippen molar-refractivity contribution in [2.45, 2.75) is 39.2 Å². The lowest BCUT2D eigenvalue weighted by Crippen LogP contribution is -2.39. The zero-order chi connectivity index (χ0) is 7.84. The molecule has 2 fully saturated rings. The molecule has 0 radical (unpaired) electrons. The molecule has 0 spiro atoms. The van der Waals surface area contributed by atoms with Gasteiger partial charge in [-0.25, -0.2) is 0 Å². The van der Waals surface area contributed by atoms with Crippen LogP contribution in [-0.4, -0.2) is 24.0 Å². The molecule has 64 valence electrons. The van der Waals surface area contributed by atoms with Gasteiger partial charge in [0, 0.05) is 12.6 Å². The Kier molecular flexibility index (Phi) is 1.92. The third kappa shape index (κ3) is 1.31. The Hall–Kier alpha value is -0.0400.